The summed E-state index contributed by atoms with van der Waals surface area (Å²) in [6.45, 7) is 0. The van der Waals surface area contributed by atoms with Crippen LogP contribution in [0.1, 0.15) is 0 Å². The molecule has 0 aliphatic carbocycles. The molecule has 0 spiro atoms. The molecule has 3 heterocycles. The molecule has 6 aromatic rings. The fraction of sp³-hybridized carbons (Fsp3) is 0. The van der Waals surface area contributed by atoms with E-state index in [0.717, 1.165) is 50.0 Å². The van der Waals surface area contributed by atoms with E-state index in [1.807, 2.05) is 59.4 Å². The van der Waals surface area contributed by atoms with E-state index in [1.165, 1.54) is 0 Å². The molecule has 0 radical (unpaired) electrons. The molecule has 0 fully saturated rings. The Labute approximate surface area is 179 Å². The molecular weight excluding hydrogens is 380 g/mol. The van der Waals surface area contributed by atoms with Gasteiger partial charge in [-0.05, 0) is 24.3 Å². The van der Waals surface area contributed by atoms with Crippen LogP contribution in [0.25, 0.3) is 50.0 Å². The minimum Gasteiger partial charge on any atom is -0.264 e. The summed E-state index contributed by atoms with van der Waals surface area (Å²) >= 11 is 0. The predicted octanol–water partition coefficient (Wildman–Crippen LogP) is 6.30. The molecule has 0 atom stereocenters. The molecule has 6 rings (SSSR count). The maximum atomic E-state index is 5.07. The van der Waals surface area contributed by atoms with Gasteiger partial charge in [-0.3, -0.25) is 4.98 Å². The summed E-state index contributed by atoms with van der Waals surface area (Å²) in [6.07, 6.45) is 3.71. The van der Waals surface area contributed by atoms with Crippen molar-refractivity contribution >= 4 is 21.9 Å². The van der Waals surface area contributed by atoms with E-state index in [4.69, 9.17) is 10.1 Å². The van der Waals surface area contributed by atoms with Gasteiger partial charge in [-0.1, -0.05) is 72.8 Å². The Kier molecular flexibility index (Phi) is 4.06. The van der Waals surface area contributed by atoms with Crippen molar-refractivity contribution in [3.05, 3.63) is 109 Å². The molecule has 4 heteroatoms. The molecule has 3 aromatic carbocycles. The third-order valence-corrected chi connectivity index (χ3v) is 5.51. The molecule has 0 aliphatic heterocycles. The lowest BCUT2D eigenvalue weighted by Crippen LogP contribution is -1.98. The molecule has 0 saturated carbocycles. The molecule has 0 saturated heterocycles. The van der Waals surface area contributed by atoms with Gasteiger partial charge in [-0.25, -0.2) is 9.67 Å². The van der Waals surface area contributed by atoms with Crippen molar-refractivity contribution in [3.8, 4) is 28.1 Å². The molecule has 0 aliphatic rings. The summed E-state index contributed by atoms with van der Waals surface area (Å²) in [5.41, 5.74) is 6.88. The first-order valence-corrected chi connectivity index (χ1v) is 10.2. The van der Waals surface area contributed by atoms with E-state index >= 15 is 0 Å². The largest absolute Gasteiger partial charge is 0.264 e. The Balaban J connectivity index is 1.83. The average molecular weight is 398 g/mol. The van der Waals surface area contributed by atoms with Gasteiger partial charge in [0.25, 0.3) is 0 Å². The number of pyridine rings is 2. The van der Waals surface area contributed by atoms with E-state index in [0.29, 0.717) is 0 Å². The molecule has 0 bridgehead atoms. The van der Waals surface area contributed by atoms with Crippen LogP contribution in [0.5, 0.6) is 0 Å². The van der Waals surface area contributed by atoms with Gasteiger partial charge < -0.3 is 0 Å². The van der Waals surface area contributed by atoms with Gasteiger partial charge in [0.1, 0.15) is 5.69 Å². The monoisotopic (exact) mass is 398 g/mol. The van der Waals surface area contributed by atoms with E-state index in [1.54, 1.807) is 6.20 Å². The fourth-order valence-corrected chi connectivity index (χ4v) is 4.13. The van der Waals surface area contributed by atoms with Gasteiger partial charge >= 0.3 is 0 Å². The van der Waals surface area contributed by atoms with E-state index < -0.39 is 0 Å². The van der Waals surface area contributed by atoms with Crippen molar-refractivity contribution in [1.29, 1.82) is 0 Å². The van der Waals surface area contributed by atoms with Gasteiger partial charge in [0.15, 0.2) is 5.65 Å². The quantitative estimate of drug-likeness (QED) is 0.351. The van der Waals surface area contributed by atoms with Crippen molar-refractivity contribution in [2.24, 2.45) is 0 Å². The third kappa shape index (κ3) is 2.89. The van der Waals surface area contributed by atoms with Crippen molar-refractivity contribution in [2.75, 3.05) is 0 Å². The Morgan fingerprint density at radius 2 is 1.35 bits per heavy atom. The number of aromatic nitrogens is 4. The molecule has 4 nitrogen and oxygen atoms in total. The highest BCUT2D eigenvalue weighted by molar-refractivity contribution is 6.13. The van der Waals surface area contributed by atoms with Crippen molar-refractivity contribution in [3.63, 3.8) is 0 Å². The molecule has 0 N–H and O–H groups in total. The molecule has 0 amide bonds. The minimum atomic E-state index is 0.836. The molecule has 31 heavy (non-hydrogen) atoms. The second-order valence-corrected chi connectivity index (χ2v) is 7.41. The number of hydrogen-bond donors (Lipinski definition) is 0. The number of fused-ring (bicyclic) bond motifs is 2. The van der Waals surface area contributed by atoms with E-state index in [2.05, 4.69) is 53.5 Å². The number of nitrogens with zero attached hydrogens (tertiary/aromatic N) is 4. The summed E-state index contributed by atoms with van der Waals surface area (Å²) in [7, 11) is 0. The Hall–Kier alpha value is -4.31. The number of hydrogen-bond acceptors (Lipinski definition) is 3. The summed E-state index contributed by atoms with van der Waals surface area (Å²) < 4.78 is 1.95. The summed E-state index contributed by atoms with van der Waals surface area (Å²) in [5, 5.41) is 7.19. The lowest BCUT2D eigenvalue weighted by molar-refractivity contribution is 0.903. The van der Waals surface area contributed by atoms with E-state index in [9.17, 15) is 0 Å². The predicted molar refractivity (Wildman–Crippen MR) is 125 cm³/mol. The first kappa shape index (κ1) is 17.5. The van der Waals surface area contributed by atoms with Crippen LogP contribution in [-0.2, 0) is 0 Å². The number of benzene rings is 3. The molecule has 146 valence electrons. The summed E-state index contributed by atoms with van der Waals surface area (Å²) in [4.78, 5) is 9.46. The van der Waals surface area contributed by atoms with Crippen LogP contribution >= 0.6 is 0 Å². The zero-order valence-electron chi connectivity index (χ0n) is 16.7. The molecular formula is C27H18N4. The Bertz CT molecular complexity index is 1510. The van der Waals surface area contributed by atoms with Crippen LogP contribution in [0.2, 0.25) is 0 Å². The first-order chi connectivity index (χ1) is 15.4. The topological polar surface area (TPSA) is 43.6 Å². The Morgan fingerprint density at radius 3 is 2.13 bits per heavy atom. The van der Waals surface area contributed by atoms with Gasteiger partial charge in [0.2, 0.25) is 0 Å². The normalized spacial score (nSPS) is 11.2. The lowest BCUT2D eigenvalue weighted by Gasteiger charge is -2.10. The fourth-order valence-electron chi connectivity index (χ4n) is 4.13. The SMILES string of the molecule is c1ccc(-c2nn(-c3ccccc3)c3nc4ccccc4c(-c4cccnc4)c23)cc1. The average Bonchev–Trinajstić information content (AvgIpc) is 3.23. The van der Waals surface area contributed by atoms with Crippen LogP contribution in [0.3, 0.4) is 0 Å². The van der Waals surface area contributed by atoms with Crippen LogP contribution in [0.4, 0.5) is 0 Å². The summed E-state index contributed by atoms with van der Waals surface area (Å²) in [5.74, 6) is 0. The smallest absolute Gasteiger partial charge is 0.164 e. The lowest BCUT2D eigenvalue weighted by atomic mass is 9.96. The van der Waals surface area contributed by atoms with Crippen molar-refractivity contribution in [2.45, 2.75) is 0 Å². The van der Waals surface area contributed by atoms with Crippen LogP contribution in [0, 0.1) is 0 Å². The van der Waals surface area contributed by atoms with Crippen molar-refractivity contribution in [1.82, 2.24) is 19.7 Å². The molecule has 0 unspecified atom stereocenters. The van der Waals surface area contributed by atoms with Crippen molar-refractivity contribution < 1.29 is 0 Å². The van der Waals surface area contributed by atoms with Gasteiger partial charge in [0.05, 0.1) is 16.6 Å². The number of rotatable bonds is 3. The second kappa shape index (κ2) is 7.18. The van der Waals surface area contributed by atoms with E-state index in [-0.39, 0.29) is 0 Å². The third-order valence-electron chi connectivity index (χ3n) is 5.51. The first-order valence-electron chi connectivity index (χ1n) is 10.2. The van der Waals surface area contributed by atoms with Crippen LogP contribution in [-0.4, -0.2) is 19.7 Å². The highest BCUT2D eigenvalue weighted by Crippen LogP contribution is 2.40. The zero-order chi connectivity index (χ0) is 20.6. The standard InChI is InChI=1S/C27H18N4/c1-3-10-19(11-4-1)26-25-24(20-12-9-17-28-18-20)22-15-7-8-16-23(22)29-27(25)31(30-26)21-13-5-2-6-14-21/h1-18H. The molecule has 3 aromatic heterocycles. The highest BCUT2D eigenvalue weighted by Gasteiger charge is 2.21. The highest BCUT2D eigenvalue weighted by atomic mass is 15.3. The maximum absolute atomic E-state index is 5.07. The zero-order valence-corrected chi connectivity index (χ0v) is 16.7. The minimum absolute atomic E-state index is 0.836. The van der Waals surface area contributed by atoms with Gasteiger partial charge in [-0.2, -0.15) is 5.10 Å². The van der Waals surface area contributed by atoms with Gasteiger partial charge in [0, 0.05) is 34.5 Å². The van der Waals surface area contributed by atoms with Crippen LogP contribution < -0.4 is 0 Å². The van der Waals surface area contributed by atoms with Gasteiger partial charge in [-0.15, -0.1) is 0 Å². The summed E-state index contributed by atoms with van der Waals surface area (Å²) in [6, 6.07) is 32.8. The Morgan fingerprint density at radius 1 is 0.645 bits per heavy atom. The maximum Gasteiger partial charge on any atom is 0.164 e. The van der Waals surface area contributed by atoms with Crippen LogP contribution in [0.15, 0.2) is 109 Å². The second-order valence-electron chi connectivity index (χ2n) is 7.41. The number of para-hydroxylation sites is 2.